The predicted octanol–water partition coefficient (Wildman–Crippen LogP) is 7.93. The largest absolute Gasteiger partial charge is 0.465 e. The van der Waals surface area contributed by atoms with Crippen LogP contribution in [-0.4, -0.2) is 102 Å². The highest BCUT2D eigenvalue weighted by Gasteiger charge is 2.45. The molecule has 4 heterocycles. The van der Waals surface area contributed by atoms with Gasteiger partial charge >= 0.3 is 6.09 Å². The maximum absolute atomic E-state index is 14.2. The van der Waals surface area contributed by atoms with E-state index >= 15 is 0 Å². The molecule has 0 bridgehead atoms. The molecule has 2 saturated heterocycles. The van der Waals surface area contributed by atoms with E-state index in [1.165, 1.54) is 11.9 Å². The molecule has 0 spiro atoms. The molecule has 1 saturated carbocycles. The molecule has 3 aromatic carbocycles. The molecule has 12 heteroatoms. The molecule has 1 aliphatic carbocycles. The Morgan fingerprint density at radius 3 is 1.63 bits per heavy atom. The minimum atomic E-state index is -1.08. The van der Waals surface area contributed by atoms with E-state index in [1.54, 1.807) is 0 Å². The zero-order chi connectivity index (χ0) is 39.6. The van der Waals surface area contributed by atoms with Crippen molar-refractivity contribution in [1.82, 2.24) is 39.5 Å². The summed E-state index contributed by atoms with van der Waals surface area (Å²) in [6.07, 6.45) is 7.81. The summed E-state index contributed by atoms with van der Waals surface area (Å²) in [5.41, 5.74) is 6.99. The van der Waals surface area contributed by atoms with E-state index in [9.17, 15) is 19.5 Å². The van der Waals surface area contributed by atoms with Crippen LogP contribution in [0.25, 0.3) is 33.6 Å². The van der Waals surface area contributed by atoms with Gasteiger partial charge in [-0.3, -0.25) is 19.4 Å². The Morgan fingerprint density at radius 1 is 0.702 bits per heavy atom. The smallest absolute Gasteiger partial charge is 0.407 e. The third-order valence-corrected chi connectivity index (χ3v) is 12.2. The van der Waals surface area contributed by atoms with Gasteiger partial charge in [-0.1, -0.05) is 92.7 Å². The number of hydrogen-bond acceptors (Lipinski definition) is 6. The second kappa shape index (κ2) is 16.4. The van der Waals surface area contributed by atoms with Crippen LogP contribution in [0.4, 0.5) is 4.79 Å². The Bertz CT molecular complexity index is 2170. The van der Waals surface area contributed by atoms with Gasteiger partial charge in [-0.05, 0) is 85.3 Å². The van der Waals surface area contributed by atoms with Gasteiger partial charge in [0.05, 0.1) is 35.9 Å². The molecular weight excluding hydrogens is 717 g/mol. The van der Waals surface area contributed by atoms with Crippen LogP contribution in [0.3, 0.4) is 0 Å². The quantitative estimate of drug-likeness (QED) is 0.111. The highest BCUT2D eigenvalue weighted by atomic mass is 16.4. The molecular formula is C45H52N8O4. The molecule has 4 atom stereocenters. The summed E-state index contributed by atoms with van der Waals surface area (Å²) in [4.78, 5) is 63.4. The second-order valence-corrected chi connectivity index (χ2v) is 15.6. The minimum Gasteiger partial charge on any atom is -0.465 e. The molecule has 2 aliphatic heterocycles. The number of rotatable bonds is 13. The predicted molar refractivity (Wildman–Crippen MR) is 219 cm³/mol. The number of amides is 3. The Hall–Kier alpha value is -5.75. The summed E-state index contributed by atoms with van der Waals surface area (Å²) < 4.78 is 0. The van der Waals surface area contributed by atoms with Gasteiger partial charge in [-0.15, -0.1) is 0 Å². The topological polar surface area (TPSA) is 142 Å². The summed E-state index contributed by atoms with van der Waals surface area (Å²) in [6.45, 7) is 7.11. The average molecular weight is 769 g/mol. The molecule has 8 rings (SSSR count). The van der Waals surface area contributed by atoms with Gasteiger partial charge in [0.15, 0.2) is 0 Å². The van der Waals surface area contributed by atoms with Crippen LogP contribution in [0.2, 0.25) is 0 Å². The summed E-state index contributed by atoms with van der Waals surface area (Å²) in [5, 5.41) is 9.63. The number of nitrogens with one attached hydrogen (secondary N) is 2. The number of benzene rings is 3. The normalized spacial score (nSPS) is 19.2. The molecule has 296 valence electrons. The standard InChI is InChI=1S/C45H52N8O4/c1-4-51(5-2)40(33-11-7-6-8-12-33)44(55)53-26-10-14-38(53)42-47-28-36(49-42)32-21-17-30(18-22-32)29-15-19-31(20-16-29)35-27-46-41(48-35)37-13-9-25-52(37)43(54)39(34-23-24-34)50(3)45(56)57/h6-8,11-12,15-22,27-28,34,37-40H,4-5,9-10,13-14,23-26H2,1-3H3,(H,46,48)(H,47,49)(H,56,57)/t37-,38-,39-,40+/m0/s1. The molecule has 57 heavy (non-hydrogen) atoms. The molecule has 3 aliphatic rings. The average Bonchev–Trinajstić information content (AvgIpc) is 3.73. The maximum Gasteiger partial charge on any atom is 0.407 e. The number of aromatic nitrogens is 4. The number of H-pyrrole nitrogens is 2. The molecule has 2 aromatic heterocycles. The van der Waals surface area contributed by atoms with Gasteiger partial charge < -0.3 is 24.9 Å². The van der Waals surface area contributed by atoms with E-state index < -0.39 is 12.1 Å². The number of carboxylic acid groups (broad SMARTS) is 1. The lowest BCUT2D eigenvalue weighted by Crippen LogP contribution is -2.50. The van der Waals surface area contributed by atoms with Crippen molar-refractivity contribution in [1.29, 1.82) is 0 Å². The highest BCUT2D eigenvalue weighted by molar-refractivity contribution is 5.87. The van der Waals surface area contributed by atoms with Gasteiger partial charge in [-0.25, -0.2) is 14.8 Å². The van der Waals surface area contributed by atoms with E-state index in [-0.39, 0.29) is 35.9 Å². The number of imidazole rings is 2. The van der Waals surface area contributed by atoms with E-state index in [2.05, 4.69) is 89.4 Å². The van der Waals surface area contributed by atoms with Crippen LogP contribution in [0.1, 0.15) is 87.7 Å². The van der Waals surface area contributed by atoms with E-state index in [0.717, 1.165) is 102 Å². The van der Waals surface area contributed by atoms with Gasteiger partial charge in [0.2, 0.25) is 11.8 Å². The van der Waals surface area contributed by atoms with Crippen molar-refractivity contribution < 1.29 is 19.5 Å². The van der Waals surface area contributed by atoms with Crippen molar-refractivity contribution in [2.45, 2.75) is 76.5 Å². The van der Waals surface area contributed by atoms with Crippen LogP contribution < -0.4 is 0 Å². The third-order valence-electron chi connectivity index (χ3n) is 12.2. The van der Waals surface area contributed by atoms with Crippen LogP contribution in [0.15, 0.2) is 91.3 Å². The van der Waals surface area contributed by atoms with Gasteiger partial charge in [0, 0.05) is 20.1 Å². The zero-order valence-corrected chi connectivity index (χ0v) is 33.0. The van der Waals surface area contributed by atoms with Crippen molar-refractivity contribution in [2.75, 3.05) is 33.2 Å². The summed E-state index contributed by atoms with van der Waals surface area (Å²) in [5.74, 6) is 1.65. The fourth-order valence-electron chi connectivity index (χ4n) is 8.89. The summed E-state index contributed by atoms with van der Waals surface area (Å²) >= 11 is 0. The van der Waals surface area contributed by atoms with Crippen LogP contribution >= 0.6 is 0 Å². The maximum atomic E-state index is 14.2. The van der Waals surface area contributed by atoms with Gasteiger partial charge in [-0.2, -0.15) is 0 Å². The monoisotopic (exact) mass is 768 g/mol. The Balaban J connectivity index is 0.930. The molecule has 0 unspecified atom stereocenters. The minimum absolute atomic E-state index is 0.0862. The molecule has 3 amide bonds. The third kappa shape index (κ3) is 7.70. The molecule has 5 aromatic rings. The molecule has 12 nitrogen and oxygen atoms in total. The van der Waals surface area contributed by atoms with Gasteiger partial charge in [0.1, 0.15) is 23.7 Å². The first-order valence-electron chi connectivity index (χ1n) is 20.4. The Kier molecular flexibility index (Phi) is 11.0. The van der Waals surface area contributed by atoms with Gasteiger partial charge in [0.25, 0.3) is 0 Å². The SMILES string of the molecule is CCN(CC)[C@@H](C(=O)N1CCC[C@H]1c1ncc(-c2ccc(-c3ccc(-c4cnc([C@@H]5CCCN5C(=O)[C@H](C5CC5)N(C)C(=O)O)[nH]4)cc3)cc2)[nH]1)c1ccccc1. The van der Waals surface area contributed by atoms with E-state index in [0.29, 0.717) is 13.1 Å². The van der Waals surface area contributed by atoms with E-state index in [1.807, 2.05) is 40.4 Å². The van der Waals surface area contributed by atoms with Crippen LogP contribution in [0, 0.1) is 5.92 Å². The summed E-state index contributed by atoms with van der Waals surface area (Å²) in [7, 11) is 1.50. The number of carbonyl (C=O) groups excluding carboxylic acids is 2. The lowest BCUT2D eigenvalue weighted by Gasteiger charge is -2.34. The number of hydrogen-bond donors (Lipinski definition) is 3. The van der Waals surface area contributed by atoms with Crippen LogP contribution in [0.5, 0.6) is 0 Å². The molecule has 3 N–H and O–H groups in total. The Morgan fingerprint density at radius 2 is 1.18 bits per heavy atom. The number of nitrogens with zero attached hydrogens (tertiary/aromatic N) is 6. The zero-order valence-electron chi connectivity index (χ0n) is 33.0. The fourth-order valence-corrected chi connectivity index (χ4v) is 8.89. The molecule has 3 fully saturated rings. The number of likely N-dealkylation sites (N-methyl/N-ethyl adjacent to an activating group) is 2. The second-order valence-electron chi connectivity index (χ2n) is 15.6. The van der Waals surface area contributed by atoms with Crippen molar-refractivity contribution >= 4 is 17.9 Å². The van der Waals surface area contributed by atoms with Crippen molar-refractivity contribution in [3.05, 3.63) is 108 Å². The highest BCUT2D eigenvalue weighted by Crippen LogP contribution is 2.40. The lowest BCUT2D eigenvalue weighted by molar-refractivity contribution is -0.138. The fraction of sp³-hybridized carbons (Fsp3) is 0.400. The first-order chi connectivity index (χ1) is 27.7. The summed E-state index contributed by atoms with van der Waals surface area (Å²) in [6, 6.07) is 25.6. The number of likely N-dealkylation sites (tertiary alicyclic amines) is 2. The van der Waals surface area contributed by atoms with Crippen LogP contribution in [-0.2, 0) is 9.59 Å². The van der Waals surface area contributed by atoms with E-state index in [4.69, 9.17) is 9.97 Å². The number of carbonyl (C=O) groups is 3. The van der Waals surface area contributed by atoms with Crippen molar-refractivity contribution in [3.8, 4) is 33.6 Å². The first kappa shape index (κ1) is 38.1. The van der Waals surface area contributed by atoms with Crippen molar-refractivity contribution in [3.63, 3.8) is 0 Å². The lowest BCUT2D eigenvalue weighted by atomic mass is 10.0. The number of aromatic amines is 2. The Labute approximate surface area is 333 Å². The molecule has 0 radical (unpaired) electrons. The van der Waals surface area contributed by atoms with Crippen molar-refractivity contribution in [2.24, 2.45) is 5.92 Å². The first-order valence-corrected chi connectivity index (χ1v) is 20.4.